The molecule has 3 aromatic rings. The molecule has 1 amide bonds. The van der Waals surface area contributed by atoms with E-state index in [9.17, 15) is 4.79 Å². The number of nitrogens with one attached hydrogen (secondary N) is 1. The van der Waals surface area contributed by atoms with Crippen molar-refractivity contribution in [1.82, 2.24) is 0 Å². The van der Waals surface area contributed by atoms with Gasteiger partial charge in [-0.25, -0.2) is 0 Å². The zero-order valence-corrected chi connectivity index (χ0v) is 18.5. The number of carbonyl (C=O) groups excluding carboxylic acids is 1. The van der Waals surface area contributed by atoms with E-state index in [-0.39, 0.29) is 12.5 Å². The van der Waals surface area contributed by atoms with Crippen molar-refractivity contribution in [3.05, 3.63) is 82.9 Å². The van der Waals surface area contributed by atoms with Crippen LogP contribution in [0.15, 0.2) is 60.7 Å². The van der Waals surface area contributed by atoms with Crippen LogP contribution in [0.4, 0.5) is 5.69 Å². The lowest BCUT2D eigenvalue weighted by atomic mass is 10.0. The summed E-state index contributed by atoms with van der Waals surface area (Å²) in [6.45, 7) is 6.83. The number of benzene rings is 3. The van der Waals surface area contributed by atoms with Crippen LogP contribution in [-0.4, -0.2) is 19.6 Å². The molecule has 162 valence electrons. The molecule has 0 aromatic heterocycles. The largest absolute Gasteiger partial charge is 0.497 e. The van der Waals surface area contributed by atoms with Crippen LogP contribution in [0.2, 0.25) is 0 Å². The van der Waals surface area contributed by atoms with Gasteiger partial charge in [-0.3, -0.25) is 4.79 Å². The lowest BCUT2D eigenvalue weighted by Crippen LogP contribution is -2.15. The summed E-state index contributed by atoms with van der Waals surface area (Å²) in [7, 11) is 1.63. The third kappa shape index (κ3) is 5.57. The predicted octanol–water partition coefficient (Wildman–Crippen LogP) is 5.80. The summed E-state index contributed by atoms with van der Waals surface area (Å²) >= 11 is 0. The fourth-order valence-electron chi connectivity index (χ4n) is 3.35. The number of ether oxygens (including phenoxy) is 3. The summed E-state index contributed by atoms with van der Waals surface area (Å²) in [5, 5.41) is 3.08. The Morgan fingerprint density at radius 1 is 0.903 bits per heavy atom. The van der Waals surface area contributed by atoms with Gasteiger partial charge >= 0.3 is 0 Å². The van der Waals surface area contributed by atoms with E-state index in [1.807, 2.05) is 68.4 Å². The van der Waals surface area contributed by atoms with Crippen LogP contribution in [0, 0.1) is 6.92 Å². The molecule has 0 unspecified atom stereocenters. The Hall–Kier alpha value is -3.47. The van der Waals surface area contributed by atoms with Crippen molar-refractivity contribution in [2.24, 2.45) is 0 Å². The molecule has 31 heavy (non-hydrogen) atoms. The van der Waals surface area contributed by atoms with Crippen molar-refractivity contribution in [2.45, 2.75) is 33.8 Å². The first kappa shape index (κ1) is 22.2. The van der Waals surface area contributed by atoms with Gasteiger partial charge in [-0.2, -0.15) is 0 Å². The number of hydrogen-bond acceptors (Lipinski definition) is 4. The number of amides is 1. The molecule has 0 fully saturated rings. The molecule has 0 aliphatic heterocycles. The van der Waals surface area contributed by atoms with Gasteiger partial charge in [0.15, 0.2) is 0 Å². The topological polar surface area (TPSA) is 56.8 Å². The lowest BCUT2D eigenvalue weighted by Gasteiger charge is -2.15. The fourth-order valence-corrected chi connectivity index (χ4v) is 3.35. The van der Waals surface area contributed by atoms with E-state index in [1.165, 1.54) is 0 Å². The molecule has 0 aliphatic carbocycles. The van der Waals surface area contributed by atoms with Gasteiger partial charge in [0.05, 0.1) is 13.7 Å². The monoisotopic (exact) mass is 419 g/mol. The van der Waals surface area contributed by atoms with Gasteiger partial charge < -0.3 is 19.5 Å². The Kier molecular flexibility index (Phi) is 7.55. The third-order valence-corrected chi connectivity index (χ3v) is 5.05. The minimum Gasteiger partial charge on any atom is -0.497 e. The smallest absolute Gasteiger partial charge is 0.255 e. The number of anilines is 1. The van der Waals surface area contributed by atoms with Crippen LogP contribution in [-0.2, 0) is 13.0 Å². The fraction of sp³-hybridized carbons (Fsp3) is 0.269. The molecule has 0 radical (unpaired) electrons. The van der Waals surface area contributed by atoms with E-state index >= 15 is 0 Å². The first-order chi connectivity index (χ1) is 15.0. The molecule has 0 saturated heterocycles. The molecule has 3 aromatic carbocycles. The van der Waals surface area contributed by atoms with Crippen LogP contribution >= 0.6 is 0 Å². The van der Waals surface area contributed by atoms with E-state index in [0.29, 0.717) is 23.7 Å². The summed E-state index contributed by atoms with van der Waals surface area (Å²) in [5.41, 5.74) is 4.40. The van der Waals surface area contributed by atoms with Crippen LogP contribution in [0.3, 0.4) is 0 Å². The summed E-state index contributed by atoms with van der Waals surface area (Å²) in [6, 6.07) is 18.9. The molecular formula is C26H29NO4. The number of carbonyl (C=O) groups is 1. The number of methoxy groups -OCH3 is 1. The highest BCUT2D eigenvalue weighted by molar-refractivity contribution is 6.05. The van der Waals surface area contributed by atoms with E-state index in [2.05, 4.69) is 12.2 Å². The van der Waals surface area contributed by atoms with E-state index in [1.54, 1.807) is 13.2 Å². The molecule has 1 N–H and O–H groups in total. The van der Waals surface area contributed by atoms with Crippen molar-refractivity contribution >= 4 is 11.6 Å². The van der Waals surface area contributed by atoms with Gasteiger partial charge in [0.2, 0.25) is 0 Å². The second-order valence-electron chi connectivity index (χ2n) is 7.14. The van der Waals surface area contributed by atoms with E-state index in [4.69, 9.17) is 14.2 Å². The highest BCUT2D eigenvalue weighted by Gasteiger charge is 2.14. The molecule has 0 atom stereocenters. The van der Waals surface area contributed by atoms with Gasteiger partial charge in [0, 0.05) is 16.8 Å². The van der Waals surface area contributed by atoms with Gasteiger partial charge in [-0.15, -0.1) is 0 Å². The first-order valence-electron chi connectivity index (χ1n) is 10.5. The molecule has 0 aliphatic rings. The third-order valence-electron chi connectivity index (χ3n) is 5.05. The Bertz CT molecular complexity index is 1030. The molecule has 0 spiro atoms. The van der Waals surface area contributed by atoms with Crippen LogP contribution in [0.25, 0.3) is 0 Å². The highest BCUT2D eigenvalue weighted by atomic mass is 16.5. The van der Waals surface area contributed by atoms with Crippen molar-refractivity contribution in [3.8, 4) is 17.2 Å². The number of hydrogen-bond donors (Lipinski definition) is 1. The second kappa shape index (κ2) is 10.5. The van der Waals surface area contributed by atoms with Crippen molar-refractivity contribution < 1.29 is 19.0 Å². The maximum Gasteiger partial charge on any atom is 0.255 e. The SMILES string of the molecule is CCOc1ccc(C(=O)Nc2c(C)cccc2CC)cc1COc1ccc(OC)cc1. The normalized spacial score (nSPS) is 10.5. The Balaban J connectivity index is 1.80. The summed E-state index contributed by atoms with van der Waals surface area (Å²) in [4.78, 5) is 13.0. The van der Waals surface area contributed by atoms with Gasteiger partial charge in [-0.05, 0) is 73.9 Å². The van der Waals surface area contributed by atoms with Crippen LogP contribution in [0.5, 0.6) is 17.2 Å². The average Bonchev–Trinajstić information content (AvgIpc) is 2.80. The van der Waals surface area contributed by atoms with Crippen molar-refractivity contribution in [3.63, 3.8) is 0 Å². The molecule has 5 nitrogen and oxygen atoms in total. The Morgan fingerprint density at radius 3 is 2.32 bits per heavy atom. The van der Waals surface area contributed by atoms with Crippen LogP contribution < -0.4 is 19.5 Å². The molecule has 0 bridgehead atoms. The summed E-state index contributed by atoms with van der Waals surface area (Å²) in [6.07, 6.45) is 0.849. The van der Waals surface area contributed by atoms with Crippen molar-refractivity contribution in [1.29, 1.82) is 0 Å². The maximum absolute atomic E-state index is 13.0. The minimum absolute atomic E-state index is 0.155. The predicted molar refractivity (Wildman–Crippen MR) is 123 cm³/mol. The Morgan fingerprint density at radius 2 is 1.65 bits per heavy atom. The highest BCUT2D eigenvalue weighted by Crippen LogP contribution is 2.26. The standard InChI is InChI=1S/C26H29NO4/c1-5-19-9-7-8-18(3)25(19)27-26(28)20-10-15-24(30-6-2)21(16-20)17-31-23-13-11-22(29-4)12-14-23/h7-16H,5-6,17H2,1-4H3,(H,27,28). The molecule has 0 heterocycles. The number of rotatable bonds is 9. The van der Waals surface area contributed by atoms with E-state index in [0.717, 1.165) is 34.5 Å². The average molecular weight is 420 g/mol. The minimum atomic E-state index is -0.155. The second-order valence-corrected chi connectivity index (χ2v) is 7.14. The maximum atomic E-state index is 13.0. The van der Waals surface area contributed by atoms with Gasteiger partial charge in [0.1, 0.15) is 23.9 Å². The first-order valence-corrected chi connectivity index (χ1v) is 10.5. The summed E-state index contributed by atoms with van der Waals surface area (Å²) < 4.78 is 16.8. The van der Waals surface area contributed by atoms with Crippen molar-refractivity contribution in [2.75, 3.05) is 19.0 Å². The Labute approximate surface area is 184 Å². The molecule has 0 saturated carbocycles. The lowest BCUT2D eigenvalue weighted by molar-refractivity contribution is 0.102. The number of aryl methyl sites for hydroxylation is 2. The molecular weight excluding hydrogens is 390 g/mol. The quantitative estimate of drug-likeness (QED) is 0.476. The van der Waals surface area contributed by atoms with Gasteiger partial charge in [0.25, 0.3) is 5.91 Å². The van der Waals surface area contributed by atoms with E-state index < -0.39 is 0 Å². The zero-order valence-electron chi connectivity index (χ0n) is 18.5. The number of para-hydroxylation sites is 1. The zero-order chi connectivity index (χ0) is 22.2. The van der Waals surface area contributed by atoms with Crippen LogP contribution in [0.1, 0.15) is 40.9 Å². The summed E-state index contributed by atoms with van der Waals surface area (Å²) in [5.74, 6) is 2.03. The van der Waals surface area contributed by atoms with Gasteiger partial charge in [-0.1, -0.05) is 25.1 Å². The molecule has 5 heteroatoms. The molecule has 3 rings (SSSR count).